The first-order valence-electron chi connectivity index (χ1n) is 4.05. The van der Waals surface area contributed by atoms with Crippen molar-refractivity contribution in [1.82, 2.24) is 0 Å². The van der Waals surface area contributed by atoms with E-state index < -0.39 is 9.37 Å². The van der Waals surface area contributed by atoms with E-state index in [0.29, 0.717) is 13.2 Å². The predicted octanol–water partition coefficient (Wildman–Crippen LogP) is 1.43. The molecule has 5 nitrogen and oxygen atoms in total. The van der Waals surface area contributed by atoms with Crippen LogP contribution in [-0.4, -0.2) is 35.8 Å². The summed E-state index contributed by atoms with van der Waals surface area (Å²) in [5, 5.41) is 10.6. The zero-order valence-electron chi connectivity index (χ0n) is 7.79. The van der Waals surface area contributed by atoms with E-state index in [0.717, 1.165) is 0 Å². The van der Waals surface area contributed by atoms with Crippen LogP contribution in [0.25, 0.3) is 0 Å². The highest BCUT2D eigenvalue weighted by molar-refractivity contribution is 9.10. The summed E-state index contributed by atoms with van der Waals surface area (Å²) in [5.74, 6) is 0. The third kappa shape index (κ3) is 4.54. The van der Waals surface area contributed by atoms with Crippen LogP contribution in [0.1, 0.15) is 13.8 Å². The van der Waals surface area contributed by atoms with Gasteiger partial charge in [-0.1, -0.05) is 0 Å². The van der Waals surface area contributed by atoms with E-state index in [1.807, 2.05) is 0 Å². The van der Waals surface area contributed by atoms with Crippen molar-refractivity contribution in [3.8, 4) is 0 Å². The summed E-state index contributed by atoms with van der Waals surface area (Å²) < 4.78 is 8.67. The SMILES string of the molecule is CCOCC(Br)(COCC)[N+](=O)[O-]. The topological polar surface area (TPSA) is 61.6 Å². The Labute approximate surface area is 85.7 Å². The van der Waals surface area contributed by atoms with Gasteiger partial charge in [-0.25, -0.2) is 0 Å². The molecule has 0 heterocycles. The molecule has 6 heteroatoms. The van der Waals surface area contributed by atoms with Crippen molar-refractivity contribution in [3.63, 3.8) is 0 Å². The lowest BCUT2D eigenvalue weighted by atomic mass is 10.3. The summed E-state index contributed by atoms with van der Waals surface area (Å²) in [4.78, 5) is 10.2. The molecule has 0 aromatic rings. The fourth-order valence-electron chi connectivity index (χ4n) is 0.664. The predicted molar refractivity (Wildman–Crippen MR) is 51.6 cm³/mol. The smallest absolute Gasteiger partial charge is 0.320 e. The Morgan fingerprint density at radius 3 is 1.92 bits per heavy atom. The molecule has 0 saturated heterocycles. The fraction of sp³-hybridized carbons (Fsp3) is 1.00. The Morgan fingerprint density at radius 2 is 1.69 bits per heavy atom. The average molecular weight is 256 g/mol. The molecule has 78 valence electrons. The fourth-order valence-corrected chi connectivity index (χ4v) is 0.988. The molecule has 0 radical (unpaired) electrons. The van der Waals surface area contributed by atoms with E-state index in [2.05, 4.69) is 15.9 Å². The summed E-state index contributed by atoms with van der Waals surface area (Å²) in [6.45, 7) is 4.50. The molecular weight excluding hydrogens is 242 g/mol. The lowest BCUT2D eigenvalue weighted by Crippen LogP contribution is -2.41. The quantitative estimate of drug-likeness (QED) is 0.299. The van der Waals surface area contributed by atoms with E-state index in [1.54, 1.807) is 13.8 Å². The molecule has 0 fully saturated rings. The highest BCUT2D eigenvalue weighted by atomic mass is 79.9. The largest absolute Gasteiger partial charge is 0.373 e. The Hall–Kier alpha value is -0.200. The van der Waals surface area contributed by atoms with Crippen LogP contribution < -0.4 is 0 Å². The van der Waals surface area contributed by atoms with Crippen LogP contribution in [-0.2, 0) is 9.47 Å². The Balaban J connectivity index is 4.08. The second-order valence-electron chi connectivity index (χ2n) is 2.45. The maximum Gasteiger partial charge on any atom is 0.320 e. The van der Waals surface area contributed by atoms with Crippen molar-refractivity contribution in [2.75, 3.05) is 26.4 Å². The third-order valence-corrected chi connectivity index (χ3v) is 2.13. The van der Waals surface area contributed by atoms with Gasteiger partial charge in [0, 0.05) is 34.1 Å². The van der Waals surface area contributed by atoms with E-state index in [9.17, 15) is 10.1 Å². The normalized spacial score (nSPS) is 11.6. The van der Waals surface area contributed by atoms with Crippen molar-refractivity contribution >= 4 is 15.9 Å². The highest BCUT2D eigenvalue weighted by Gasteiger charge is 2.40. The van der Waals surface area contributed by atoms with Crippen LogP contribution in [0, 0.1) is 10.1 Å². The first-order chi connectivity index (χ1) is 6.06. The third-order valence-electron chi connectivity index (χ3n) is 1.38. The van der Waals surface area contributed by atoms with Crippen LogP contribution in [0.15, 0.2) is 0 Å². The molecular formula is C7H14BrNO4. The molecule has 0 aliphatic rings. The number of rotatable bonds is 7. The van der Waals surface area contributed by atoms with Crippen LogP contribution in [0.2, 0.25) is 0 Å². The van der Waals surface area contributed by atoms with Crippen molar-refractivity contribution in [1.29, 1.82) is 0 Å². The summed E-state index contributed by atoms with van der Waals surface area (Å²) in [5.41, 5.74) is 0. The summed E-state index contributed by atoms with van der Waals surface area (Å²) in [6.07, 6.45) is 0. The van der Waals surface area contributed by atoms with E-state index in [-0.39, 0.29) is 13.2 Å². The minimum absolute atomic E-state index is 0.0104. The average Bonchev–Trinajstić information content (AvgIpc) is 2.11. The van der Waals surface area contributed by atoms with Gasteiger partial charge >= 0.3 is 4.45 Å². The highest BCUT2D eigenvalue weighted by Crippen LogP contribution is 2.19. The summed E-state index contributed by atoms with van der Waals surface area (Å²) in [6, 6.07) is 0. The molecule has 0 unspecified atom stereocenters. The summed E-state index contributed by atoms with van der Waals surface area (Å²) >= 11 is 3.00. The maximum absolute atomic E-state index is 10.6. The Morgan fingerprint density at radius 1 is 1.31 bits per heavy atom. The van der Waals surface area contributed by atoms with Gasteiger partial charge in [-0.3, -0.25) is 10.1 Å². The number of nitrogens with zero attached hydrogens (tertiary/aromatic N) is 1. The molecule has 0 amide bonds. The van der Waals surface area contributed by atoms with Crippen LogP contribution in [0.3, 0.4) is 0 Å². The molecule has 0 aromatic heterocycles. The van der Waals surface area contributed by atoms with E-state index >= 15 is 0 Å². The molecule has 0 saturated carbocycles. The molecule has 0 bridgehead atoms. The van der Waals surface area contributed by atoms with Gasteiger partial charge < -0.3 is 9.47 Å². The number of hydrogen-bond acceptors (Lipinski definition) is 4. The summed E-state index contributed by atoms with van der Waals surface area (Å²) in [7, 11) is 0. The van der Waals surface area contributed by atoms with E-state index in [1.165, 1.54) is 0 Å². The number of hydrogen-bond donors (Lipinski definition) is 0. The number of halogens is 1. The monoisotopic (exact) mass is 255 g/mol. The molecule has 0 aliphatic carbocycles. The lowest BCUT2D eigenvalue weighted by molar-refractivity contribution is -0.543. The Kier molecular flexibility index (Phi) is 6.19. The van der Waals surface area contributed by atoms with Gasteiger partial charge in [0.05, 0.1) is 0 Å². The molecule has 0 aromatic carbocycles. The van der Waals surface area contributed by atoms with Gasteiger partial charge in [0.25, 0.3) is 0 Å². The molecule has 0 aliphatic heterocycles. The van der Waals surface area contributed by atoms with Gasteiger partial charge in [0.1, 0.15) is 13.2 Å². The molecule has 0 rings (SSSR count). The first-order valence-corrected chi connectivity index (χ1v) is 4.85. The van der Waals surface area contributed by atoms with Gasteiger partial charge in [-0.2, -0.15) is 0 Å². The van der Waals surface area contributed by atoms with Gasteiger partial charge in [-0.15, -0.1) is 0 Å². The number of nitro groups is 1. The van der Waals surface area contributed by atoms with Crippen molar-refractivity contribution in [2.24, 2.45) is 0 Å². The molecule has 0 atom stereocenters. The van der Waals surface area contributed by atoms with Crippen LogP contribution in [0.4, 0.5) is 0 Å². The minimum Gasteiger partial charge on any atom is -0.373 e. The lowest BCUT2D eigenvalue weighted by Gasteiger charge is -2.17. The Bertz CT molecular complexity index is 157. The van der Waals surface area contributed by atoms with E-state index in [4.69, 9.17) is 9.47 Å². The van der Waals surface area contributed by atoms with Crippen molar-refractivity contribution < 1.29 is 14.4 Å². The molecule has 13 heavy (non-hydrogen) atoms. The molecule has 0 spiro atoms. The number of ether oxygens (including phenoxy) is 2. The zero-order chi connectivity index (χ0) is 10.3. The first kappa shape index (κ1) is 12.8. The maximum atomic E-state index is 10.6. The standard InChI is InChI=1S/C7H14BrNO4/c1-3-12-5-7(8,9(10)11)6-13-4-2/h3-6H2,1-2H3. The van der Waals surface area contributed by atoms with Crippen molar-refractivity contribution in [2.45, 2.75) is 18.3 Å². The second-order valence-corrected chi connectivity index (χ2v) is 3.93. The van der Waals surface area contributed by atoms with Crippen molar-refractivity contribution in [3.05, 3.63) is 10.1 Å². The minimum atomic E-state index is -1.31. The van der Waals surface area contributed by atoms with Gasteiger partial charge in [0.15, 0.2) is 0 Å². The van der Waals surface area contributed by atoms with Gasteiger partial charge in [0.2, 0.25) is 0 Å². The zero-order valence-corrected chi connectivity index (χ0v) is 9.37. The molecule has 0 N–H and O–H groups in total. The van der Waals surface area contributed by atoms with Gasteiger partial charge in [-0.05, 0) is 13.8 Å². The second kappa shape index (κ2) is 6.28. The van der Waals surface area contributed by atoms with Crippen LogP contribution >= 0.6 is 15.9 Å². The number of alkyl halides is 1. The van der Waals surface area contributed by atoms with Crippen LogP contribution in [0.5, 0.6) is 0 Å².